The summed E-state index contributed by atoms with van der Waals surface area (Å²) in [6.45, 7) is 6.39. The van der Waals surface area contributed by atoms with Gasteiger partial charge in [0.2, 0.25) is 15.9 Å². The van der Waals surface area contributed by atoms with Crippen LogP contribution in [0.4, 0.5) is 0 Å². The normalized spacial score (nSPS) is 21.6. The van der Waals surface area contributed by atoms with E-state index in [0.29, 0.717) is 25.6 Å². The Kier molecular flexibility index (Phi) is 6.98. The van der Waals surface area contributed by atoms with Gasteiger partial charge in [-0.05, 0) is 23.8 Å². The maximum Gasteiger partial charge on any atom is 0.234 e. The van der Waals surface area contributed by atoms with Crippen molar-refractivity contribution in [3.05, 3.63) is 35.9 Å². The third-order valence-corrected chi connectivity index (χ3v) is 5.34. The highest BCUT2D eigenvalue weighted by atomic mass is 32.2. The zero-order valence-electron chi connectivity index (χ0n) is 15.2. The Bertz CT molecular complexity index is 661. The molecule has 0 radical (unpaired) electrons. The molecule has 2 rings (SSSR count). The molecule has 1 fully saturated rings. The van der Waals surface area contributed by atoms with Crippen molar-refractivity contribution in [2.75, 3.05) is 32.4 Å². The Labute approximate surface area is 151 Å². The summed E-state index contributed by atoms with van der Waals surface area (Å²) in [7, 11) is -3.25. The van der Waals surface area contributed by atoms with E-state index in [4.69, 9.17) is 0 Å². The first-order valence-corrected chi connectivity index (χ1v) is 10.6. The van der Waals surface area contributed by atoms with Gasteiger partial charge in [0.1, 0.15) is 0 Å². The van der Waals surface area contributed by atoms with Crippen LogP contribution in [0.15, 0.2) is 30.3 Å². The Hall–Kier alpha value is -1.44. The fraction of sp³-hybridized carbons (Fsp3) is 0.611. The van der Waals surface area contributed by atoms with Crippen LogP contribution in [0.25, 0.3) is 0 Å². The molecule has 7 heteroatoms. The van der Waals surface area contributed by atoms with Crippen molar-refractivity contribution in [1.29, 1.82) is 0 Å². The summed E-state index contributed by atoms with van der Waals surface area (Å²) in [4.78, 5) is 14.2. The number of carbonyl (C=O) groups excluding carboxylic acids is 1. The number of hydrogen-bond acceptors (Lipinski definition) is 4. The molecule has 0 unspecified atom stereocenters. The SMILES string of the molecule is CC(C)[C@@H]1CN(CC(=O)NCCc2ccccc2)C[C@H]1NS(C)(=O)=O. The van der Waals surface area contributed by atoms with Gasteiger partial charge in [0, 0.05) is 25.7 Å². The van der Waals surface area contributed by atoms with Crippen LogP contribution in [0, 0.1) is 11.8 Å². The minimum Gasteiger partial charge on any atom is -0.355 e. The lowest BCUT2D eigenvalue weighted by atomic mass is 9.92. The zero-order chi connectivity index (χ0) is 18.4. The summed E-state index contributed by atoms with van der Waals surface area (Å²) in [6.07, 6.45) is 1.99. The van der Waals surface area contributed by atoms with Gasteiger partial charge >= 0.3 is 0 Å². The van der Waals surface area contributed by atoms with E-state index in [1.165, 1.54) is 11.8 Å². The van der Waals surface area contributed by atoms with Crippen molar-refractivity contribution in [2.24, 2.45) is 11.8 Å². The second-order valence-electron chi connectivity index (χ2n) is 7.18. The average molecular weight is 368 g/mol. The standard InChI is InChI=1S/C18H29N3O3S/c1-14(2)16-11-21(12-17(16)20-25(3,23)24)13-18(22)19-10-9-15-7-5-4-6-8-15/h4-8,14,16-17,20H,9-13H2,1-3H3,(H,19,22)/t16-,17+/m0/s1. The van der Waals surface area contributed by atoms with Crippen LogP contribution in [-0.4, -0.2) is 57.7 Å². The second-order valence-corrected chi connectivity index (χ2v) is 8.96. The summed E-state index contributed by atoms with van der Waals surface area (Å²) >= 11 is 0. The van der Waals surface area contributed by atoms with Crippen molar-refractivity contribution in [2.45, 2.75) is 26.3 Å². The topological polar surface area (TPSA) is 78.5 Å². The van der Waals surface area contributed by atoms with E-state index in [0.717, 1.165) is 13.0 Å². The summed E-state index contributed by atoms with van der Waals surface area (Å²) in [5.74, 6) is 0.552. The first-order valence-electron chi connectivity index (χ1n) is 8.75. The molecular weight excluding hydrogens is 338 g/mol. The lowest BCUT2D eigenvalue weighted by Crippen LogP contribution is -2.42. The minimum atomic E-state index is -3.25. The Morgan fingerprint density at radius 2 is 1.92 bits per heavy atom. The maximum absolute atomic E-state index is 12.2. The molecule has 0 bridgehead atoms. The number of nitrogens with zero attached hydrogens (tertiary/aromatic N) is 1. The number of rotatable bonds is 8. The summed E-state index contributed by atoms with van der Waals surface area (Å²) in [5, 5.41) is 2.95. The number of likely N-dealkylation sites (tertiary alicyclic amines) is 1. The second kappa shape index (κ2) is 8.78. The Morgan fingerprint density at radius 1 is 1.24 bits per heavy atom. The molecule has 0 saturated carbocycles. The fourth-order valence-corrected chi connectivity index (χ4v) is 4.17. The molecule has 2 N–H and O–H groups in total. The highest BCUT2D eigenvalue weighted by Crippen LogP contribution is 2.24. The molecule has 1 aromatic rings. The first kappa shape index (κ1) is 19.9. The van der Waals surface area contributed by atoms with Crippen LogP contribution in [0.3, 0.4) is 0 Å². The van der Waals surface area contributed by atoms with Gasteiger partial charge < -0.3 is 5.32 Å². The molecule has 25 heavy (non-hydrogen) atoms. The predicted octanol–water partition coefficient (Wildman–Crippen LogP) is 0.851. The van der Waals surface area contributed by atoms with Crippen LogP contribution >= 0.6 is 0 Å². The molecule has 1 heterocycles. The minimum absolute atomic E-state index is 0.0153. The van der Waals surface area contributed by atoms with Gasteiger partial charge in [-0.3, -0.25) is 9.69 Å². The number of hydrogen-bond donors (Lipinski definition) is 2. The highest BCUT2D eigenvalue weighted by molar-refractivity contribution is 7.88. The fourth-order valence-electron chi connectivity index (χ4n) is 3.37. The zero-order valence-corrected chi connectivity index (χ0v) is 16.1. The Balaban J connectivity index is 1.80. The number of amides is 1. The summed E-state index contributed by atoms with van der Waals surface area (Å²) in [6, 6.07) is 9.90. The molecule has 1 saturated heterocycles. The van der Waals surface area contributed by atoms with Gasteiger partial charge in [-0.15, -0.1) is 0 Å². The predicted molar refractivity (Wildman–Crippen MR) is 99.7 cm³/mol. The average Bonchev–Trinajstić information content (AvgIpc) is 2.88. The van der Waals surface area contributed by atoms with Gasteiger partial charge in [-0.1, -0.05) is 44.2 Å². The van der Waals surface area contributed by atoms with Crippen molar-refractivity contribution < 1.29 is 13.2 Å². The third-order valence-electron chi connectivity index (χ3n) is 4.61. The smallest absolute Gasteiger partial charge is 0.234 e. The number of nitrogens with one attached hydrogen (secondary N) is 2. The largest absolute Gasteiger partial charge is 0.355 e. The molecular formula is C18H29N3O3S. The van der Waals surface area contributed by atoms with E-state index >= 15 is 0 Å². The lowest BCUT2D eigenvalue weighted by molar-refractivity contribution is -0.122. The molecule has 0 aliphatic carbocycles. The van der Waals surface area contributed by atoms with Crippen LogP contribution in [-0.2, 0) is 21.2 Å². The van der Waals surface area contributed by atoms with Crippen molar-refractivity contribution >= 4 is 15.9 Å². The van der Waals surface area contributed by atoms with Crippen LogP contribution in [0.1, 0.15) is 19.4 Å². The molecule has 0 aromatic heterocycles. The van der Waals surface area contributed by atoms with E-state index in [1.807, 2.05) is 35.2 Å². The quantitative estimate of drug-likeness (QED) is 0.714. The molecule has 1 aliphatic heterocycles. The lowest BCUT2D eigenvalue weighted by Gasteiger charge is -2.21. The Morgan fingerprint density at radius 3 is 2.52 bits per heavy atom. The van der Waals surface area contributed by atoms with Crippen LogP contribution < -0.4 is 10.0 Å². The summed E-state index contributed by atoms with van der Waals surface area (Å²) in [5.41, 5.74) is 1.20. The molecule has 1 aliphatic rings. The van der Waals surface area contributed by atoms with E-state index in [9.17, 15) is 13.2 Å². The molecule has 140 valence electrons. The van der Waals surface area contributed by atoms with Crippen molar-refractivity contribution in [1.82, 2.24) is 14.9 Å². The van der Waals surface area contributed by atoms with E-state index in [-0.39, 0.29) is 17.9 Å². The van der Waals surface area contributed by atoms with Gasteiger partial charge in [0.05, 0.1) is 12.8 Å². The monoisotopic (exact) mass is 367 g/mol. The van der Waals surface area contributed by atoms with Gasteiger partial charge in [0.15, 0.2) is 0 Å². The first-order chi connectivity index (χ1) is 11.7. The van der Waals surface area contributed by atoms with Crippen molar-refractivity contribution in [3.8, 4) is 0 Å². The highest BCUT2D eigenvalue weighted by Gasteiger charge is 2.36. The third kappa shape index (κ3) is 6.76. The molecule has 1 aromatic carbocycles. The van der Waals surface area contributed by atoms with Gasteiger partial charge in [-0.25, -0.2) is 13.1 Å². The van der Waals surface area contributed by atoms with Crippen molar-refractivity contribution in [3.63, 3.8) is 0 Å². The molecule has 0 spiro atoms. The van der Waals surface area contributed by atoms with E-state index < -0.39 is 10.0 Å². The maximum atomic E-state index is 12.2. The molecule has 2 atom stereocenters. The van der Waals surface area contributed by atoms with E-state index in [1.54, 1.807) is 0 Å². The van der Waals surface area contributed by atoms with Gasteiger partial charge in [0.25, 0.3) is 0 Å². The molecule has 6 nitrogen and oxygen atoms in total. The number of carbonyl (C=O) groups is 1. The number of benzene rings is 1. The number of sulfonamides is 1. The molecule has 1 amide bonds. The summed E-state index contributed by atoms with van der Waals surface area (Å²) < 4.78 is 25.8. The van der Waals surface area contributed by atoms with Crippen LogP contribution in [0.5, 0.6) is 0 Å². The van der Waals surface area contributed by atoms with Crippen LogP contribution in [0.2, 0.25) is 0 Å². The van der Waals surface area contributed by atoms with E-state index in [2.05, 4.69) is 23.9 Å². The van der Waals surface area contributed by atoms with Gasteiger partial charge in [-0.2, -0.15) is 0 Å².